The molecule has 21 heavy (non-hydrogen) atoms. The summed E-state index contributed by atoms with van der Waals surface area (Å²) in [4.78, 5) is 11.7. The molecule has 0 fully saturated rings. The molecule has 0 aliphatic heterocycles. The van der Waals surface area contributed by atoms with Crippen molar-refractivity contribution in [3.8, 4) is 11.3 Å². The van der Waals surface area contributed by atoms with Gasteiger partial charge >= 0.3 is 0 Å². The molecule has 0 spiro atoms. The van der Waals surface area contributed by atoms with Crippen LogP contribution in [0.5, 0.6) is 0 Å². The van der Waals surface area contributed by atoms with Crippen molar-refractivity contribution in [3.05, 3.63) is 65.3 Å². The number of carbonyl (C=O) groups is 1. The first-order chi connectivity index (χ1) is 10.2. The van der Waals surface area contributed by atoms with Gasteiger partial charge in [0.15, 0.2) is 11.5 Å². The molecule has 6 heteroatoms. The van der Waals surface area contributed by atoms with Gasteiger partial charge < -0.3 is 14.3 Å². The minimum Gasteiger partial charge on any atom is -0.459 e. The third kappa shape index (κ3) is 3.14. The molecular formula is C15H11ClN2O3. The first-order valence-corrected chi connectivity index (χ1v) is 6.63. The van der Waals surface area contributed by atoms with Crippen LogP contribution in [0.15, 0.2) is 57.7 Å². The molecule has 1 aromatic carbocycles. The lowest BCUT2D eigenvalue weighted by Crippen LogP contribution is -2.21. The predicted molar refractivity (Wildman–Crippen MR) is 76.8 cm³/mol. The predicted octanol–water partition coefficient (Wildman–Crippen LogP) is 3.52. The van der Waals surface area contributed by atoms with Gasteiger partial charge in [0.05, 0.1) is 12.8 Å². The highest BCUT2D eigenvalue weighted by Crippen LogP contribution is 2.21. The summed E-state index contributed by atoms with van der Waals surface area (Å²) < 4.78 is 10.2. The summed E-state index contributed by atoms with van der Waals surface area (Å²) in [7, 11) is 0. The highest BCUT2D eigenvalue weighted by Gasteiger charge is 2.11. The SMILES string of the molecule is O=C(NCc1cc(-c2ccc(Cl)cc2)no1)c1ccco1. The number of carbonyl (C=O) groups excluding carboxylic acids is 1. The second-order valence-electron chi connectivity index (χ2n) is 4.35. The van der Waals surface area contributed by atoms with E-state index in [2.05, 4.69) is 10.5 Å². The van der Waals surface area contributed by atoms with Crippen LogP contribution in [0.4, 0.5) is 0 Å². The third-order valence-electron chi connectivity index (χ3n) is 2.87. The Morgan fingerprint density at radius 1 is 1.24 bits per heavy atom. The van der Waals surface area contributed by atoms with E-state index >= 15 is 0 Å². The first kappa shape index (κ1) is 13.5. The lowest BCUT2D eigenvalue weighted by molar-refractivity contribution is 0.0919. The summed E-state index contributed by atoms with van der Waals surface area (Å²) in [5.74, 6) is 0.511. The number of hydrogen-bond acceptors (Lipinski definition) is 4. The van der Waals surface area contributed by atoms with Crippen molar-refractivity contribution in [2.75, 3.05) is 0 Å². The molecule has 1 amide bonds. The van der Waals surface area contributed by atoms with E-state index in [0.29, 0.717) is 16.5 Å². The van der Waals surface area contributed by atoms with Gasteiger partial charge in [-0.05, 0) is 24.3 Å². The van der Waals surface area contributed by atoms with Crippen molar-refractivity contribution in [3.63, 3.8) is 0 Å². The Kier molecular flexibility index (Phi) is 3.75. The maximum Gasteiger partial charge on any atom is 0.287 e. The summed E-state index contributed by atoms with van der Waals surface area (Å²) in [5, 5.41) is 7.31. The van der Waals surface area contributed by atoms with Crippen LogP contribution in [0.2, 0.25) is 5.02 Å². The topological polar surface area (TPSA) is 68.3 Å². The van der Waals surface area contributed by atoms with Crippen LogP contribution in [0, 0.1) is 0 Å². The zero-order valence-corrected chi connectivity index (χ0v) is 11.6. The van der Waals surface area contributed by atoms with Gasteiger partial charge in [-0.3, -0.25) is 4.79 Å². The Balaban J connectivity index is 1.65. The average Bonchev–Trinajstić information content (AvgIpc) is 3.17. The van der Waals surface area contributed by atoms with Crippen LogP contribution in [0.25, 0.3) is 11.3 Å². The van der Waals surface area contributed by atoms with E-state index in [1.165, 1.54) is 6.26 Å². The largest absolute Gasteiger partial charge is 0.459 e. The number of amides is 1. The normalized spacial score (nSPS) is 10.5. The third-order valence-corrected chi connectivity index (χ3v) is 3.12. The molecule has 3 rings (SSSR count). The summed E-state index contributed by atoms with van der Waals surface area (Å²) in [6, 6.07) is 12.3. The van der Waals surface area contributed by atoms with Crippen LogP contribution < -0.4 is 5.32 Å². The van der Waals surface area contributed by atoms with Crippen molar-refractivity contribution in [1.82, 2.24) is 10.5 Å². The average molecular weight is 303 g/mol. The van der Waals surface area contributed by atoms with Gasteiger partial charge in [0.25, 0.3) is 5.91 Å². The Morgan fingerprint density at radius 2 is 2.05 bits per heavy atom. The monoisotopic (exact) mass is 302 g/mol. The fourth-order valence-electron chi connectivity index (χ4n) is 1.82. The van der Waals surface area contributed by atoms with E-state index in [-0.39, 0.29) is 18.2 Å². The van der Waals surface area contributed by atoms with Gasteiger partial charge in [-0.2, -0.15) is 0 Å². The quantitative estimate of drug-likeness (QED) is 0.800. The fourth-order valence-corrected chi connectivity index (χ4v) is 1.94. The van der Waals surface area contributed by atoms with Crippen molar-refractivity contribution >= 4 is 17.5 Å². The standard InChI is InChI=1S/C15H11ClN2O3/c16-11-5-3-10(4-6-11)13-8-12(21-18-13)9-17-15(19)14-2-1-7-20-14/h1-8H,9H2,(H,17,19). The van der Waals surface area contributed by atoms with Crippen LogP contribution in [-0.2, 0) is 6.54 Å². The Bertz CT molecular complexity index is 733. The highest BCUT2D eigenvalue weighted by atomic mass is 35.5. The van der Waals surface area contributed by atoms with Crippen molar-refractivity contribution in [2.45, 2.75) is 6.54 Å². The van der Waals surface area contributed by atoms with Crippen molar-refractivity contribution < 1.29 is 13.7 Å². The Labute approximate surface area is 125 Å². The van der Waals surface area contributed by atoms with Crippen molar-refractivity contribution in [1.29, 1.82) is 0 Å². The molecule has 0 unspecified atom stereocenters. The summed E-state index contributed by atoms with van der Waals surface area (Å²) in [6.45, 7) is 0.236. The smallest absolute Gasteiger partial charge is 0.287 e. The zero-order chi connectivity index (χ0) is 14.7. The van der Waals surface area contributed by atoms with E-state index in [9.17, 15) is 4.79 Å². The van der Waals surface area contributed by atoms with Crippen LogP contribution in [0.3, 0.4) is 0 Å². The lowest BCUT2D eigenvalue weighted by atomic mass is 10.1. The maximum atomic E-state index is 11.7. The maximum absolute atomic E-state index is 11.7. The number of benzene rings is 1. The molecule has 0 atom stereocenters. The summed E-state index contributed by atoms with van der Waals surface area (Å²) >= 11 is 5.84. The number of aromatic nitrogens is 1. The van der Waals surface area contributed by atoms with Crippen molar-refractivity contribution in [2.24, 2.45) is 0 Å². The zero-order valence-electron chi connectivity index (χ0n) is 10.9. The van der Waals surface area contributed by atoms with E-state index in [4.69, 9.17) is 20.5 Å². The number of hydrogen-bond donors (Lipinski definition) is 1. The molecule has 0 saturated carbocycles. The van der Waals surface area contributed by atoms with Crippen LogP contribution in [0.1, 0.15) is 16.3 Å². The minimum absolute atomic E-state index is 0.236. The molecule has 106 valence electrons. The van der Waals surface area contributed by atoms with E-state index in [1.807, 2.05) is 12.1 Å². The minimum atomic E-state index is -0.301. The molecule has 2 heterocycles. The second kappa shape index (κ2) is 5.85. The molecule has 0 aliphatic carbocycles. The van der Waals surface area contributed by atoms with Gasteiger partial charge in [0.2, 0.25) is 0 Å². The summed E-state index contributed by atoms with van der Waals surface area (Å²) in [5.41, 5.74) is 1.58. The number of rotatable bonds is 4. The number of nitrogens with zero attached hydrogens (tertiary/aromatic N) is 1. The van der Waals surface area contributed by atoms with E-state index in [1.54, 1.807) is 30.3 Å². The molecule has 0 aliphatic rings. The van der Waals surface area contributed by atoms with Crippen LogP contribution >= 0.6 is 11.6 Å². The number of furan rings is 1. The number of nitrogens with one attached hydrogen (secondary N) is 1. The Morgan fingerprint density at radius 3 is 2.76 bits per heavy atom. The molecule has 1 N–H and O–H groups in total. The Hall–Kier alpha value is -2.53. The molecule has 0 radical (unpaired) electrons. The van der Waals surface area contributed by atoms with Gasteiger partial charge in [-0.1, -0.05) is 28.9 Å². The van der Waals surface area contributed by atoms with E-state index < -0.39 is 0 Å². The summed E-state index contributed by atoms with van der Waals surface area (Å²) in [6.07, 6.45) is 1.45. The molecule has 0 saturated heterocycles. The van der Waals surface area contributed by atoms with Crippen LogP contribution in [-0.4, -0.2) is 11.1 Å². The lowest BCUT2D eigenvalue weighted by Gasteiger charge is -1.98. The number of halogens is 1. The first-order valence-electron chi connectivity index (χ1n) is 6.25. The van der Waals surface area contributed by atoms with Gasteiger partial charge in [0.1, 0.15) is 5.69 Å². The highest BCUT2D eigenvalue weighted by molar-refractivity contribution is 6.30. The van der Waals surface area contributed by atoms with Gasteiger partial charge in [-0.15, -0.1) is 0 Å². The van der Waals surface area contributed by atoms with Gasteiger partial charge in [0, 0.05) is 16.7 Å². The molecule has 0 bridgehead atoms. The second-order valence-corrected chi connectivity index (χ2v) is 4.78. The van der Waals surface area contributed by atoms with E-state index in [0.717, 1.165) is 5.56 Å². The molecule has 2 aromatic heterocycles. The van der Waals surface area contributed by atoms with Gasteiger partial charge in [-0.25, -0.2) is 0 Å². The molecule has 5 nitrogen and oxygen atoms in total. The fraction of sp³-hybridized carbons (Fsp3) is 0.0667. The molecule has 3 aromatic rings. The molecular weight excluding hydrogens is 292 g/mol.